The number of nitrogens with two attached hydrogens (primary N) is 1. The molecular formula is C16H23F3N2O. The fourth-order valence-corrected chi connectivity index (χ4v) is 1.99. The third-order valence-corrected chi connectivity index (χ3v) is 3.20. The molecule has 0 spiro atoms. The van der Waals surface area contributed by atoms with Crippen molar-refractivity contribution in [1.29, 1.82) is 0 Å². The Morgan fingerprint density at radius 1 is 1.14 bits per heavy atom. The van der Waals surface area contributed by atoms with Crippen molar-refractivity contribution in [1.82, 2.24) is 0 Å². The molecule has 0 aliphatic heterocycles. The molecule has 1 aromatic carbocycles. The maximum atomic E-state index is 12.6. The average molecular weight is 316 g/mol. The van der Waals surface area contributed by atoms with Gasteiger partial charge in [0.05, 0.1) is 11.3 Å². The van der Waals surface area contributed by atoms with Crippen LogP contribution in [0.5, 0.6) is 0 Å². The highest BCUT2D eigenvalue weighted by molar-refractivity contribution is 6.00. The minimum Gasteiger partial charge on any atom is -0.394 e. The fraction of sp³-hybridized carbons (Fsp3) is 0.562. The number of unbranched alkanes of at least 4 members (excludes halogenated alkanes) is 3. The van der Waals surface area contributed by atoms with Crippen LogP contribution in [-0.2, 0) is 11.0 Å². The van der Waals surface area contributed by atoms with Gasteiger partial charge in [0.2, 0.25) is 0 Å². The molecule has 0 saturated heterocycles. The Labute approximate surface area is 129 Å². The zero-order chi connectivity index (χ0) is 16.4. The van der Waals surface area contributed by atoms with Gasteiger partial charge in [0, 0.05) is 6.54 Å². The number of hydrogen-bond donors (Lipinski definition) is 1. The Balaban J connectivity index is 2.78. The number of halogens is 3. The predicted octanol–water partition coefficient (Wildman–Crippen LogP) is 4.36. The van der Waals surface area contributed by atoms with Crippen LogP contribution in [0.2, 0.25) is 0 Å². The number of nitrogens with zero attached hydrogens (tertiary/aromatic N) is 1. The van der Waals surface area contributed by atoms with E-state index in [0.717, 1.165) is 37.8 Å². The lowest BCUT2D eigenvalue weighted by Gasteiger charge is -2.10. The van der Waals surface area contributed by atoms with Gasteiger partial charge < -0.3 is 10.6 Å². The standard InChI is InChI=1S/C16H23F3N2O/c1-2-3-4-5-6-15(21-22-12-11-20)13-7-9-14(10-8-13)16(17,18)19/h7-10H,2-6,11-12,20H2,1H3. The van der Waals surface area contributed by atoms with Gasteiger partial charge in [-0.15, -0.1) is 0 Å². The van der Waals surface area contributed by atoms with Gasteiger partial charge in [-0.3, -0.25) is 0 Å². The monoisotopic (exact) mass is 316 g/mol. The molecule has 0 aliphatic rings. The Bertz CT molecular complexity index is 455. The normalized spacial score (nSPS) is 12.5. The third-order valence-electron chi connectivity index (χ3n) is 3.20. The quantitative estimate of drug-likeness (QED) is 0.418. The summed E-state index contributed by atoms with van der Waals surface area (Å²) in [5.74, 6) is 0. The highest BCUT2D eigenvalue weighted by Gasteiger charge is 2.30. The van der Waals surface area contributed by atoms with Gasteiger partial charge in [0.25, 0.3) is 0 Å². The summed E-state index contributed by atoms with van der Waals surface area (Å²) in [6.45, 7) is 2.76. The molecule has 0 radical (unpaired) electrons. The van der Waals surface area contributed by atoms with Gasteiger partial charge in [-0.2, -0.15) is 13.2 Å². The summed E-state index contributed by atoms with van der Waals surface area (Å²) < 4.78 is 37.8. The van der Waals surface area contributed by atoms with E-state index >= 15 is 0 Å². The molecule has 0 aliphatic carbocycles. The lowest BCUT2D eigenvalue weighted by atomic mass is 10.0. The van der Waals surface area contributed by atoms with Gasteiger partial charge >= 0.3 is 6.18 Å². The largest absolute Gasteiger partial charge is 0.416 e. The Morgan fingerprint density at radius 3 is 2.36 bits per heavy atom. The molecule has 1 rings (SSSR count). The zero-order valence-electron chi connectivity index (χ0n) is 12.8. The van der Waals surface area contributed by atoms with Gasteiger partial charge in [0.15, 0.2) is 0 Å². The van der Waals surface area contributed by atoms with Gasteiger partial charge in [0.1, 0.15) is 6.61 Å². The second-order valence-corrected chi connectivity index (χ2v) is 5.05. The first-order valence-corrected chi connectivity index (χ1v) is 7.55. The molecule has 0 aromatic heterocycles. The van der Waals surface area contributed by atoms with Crippen LogP contribution in [0.15, 0.2) is 29.4 Å². The predicted molar refractivity (Wildman–Crippen MR) is 81.7 cm³/mol. The number of alkyl halides is 3. The van der Waals surface area contributed by atoms with E-state index in [4.69, 9.17) is 10.6 Å². The van der Waals surface area contributed by atoms with Crippen LogP contribution in [0.3, 0.4) is 0 Å². The molecule has 0 heterocycles. The average Bonchev–Trinajstić information content (AvgIpc) is 2.49. The van der Waals surface area contributed by atoms with E-state index in [1.54, 1.807) is 0 Å². The second-order valence-electron chi connectivity index (χ2n) is 5.05. The molecule has 1 aromatic rings. The summed E-state index contributed by atoms with van der Waals surface area (Å²) in [5, 5.41) is 4.03. The summed E-state index contributed by atoms with van der Waals surface area (Å²) in [7, 11) is 0. The molecule has 0 atom stereocenters. The SMILES string of the molecule is CCCCCCC(=NOCCN)c1ccc(C(F)(F)F)cc1. The summed E-state index contributed by atoms with van der Waals surface area (Å²) in [4.78, 5) is 5.09. The molecule has 0 fully saturated rings. The van der Waals surface area contributed by atoms with E-state index in [0.29, 0.717) is 30.8 Å². The minimum absolute atomic E-state index is 0.291. The fourth-order valence-electron chi connectivity index (χ4n) is 1.99. The van der Waals surface area contributed by atoms with E-state index in [1.807, 2.05) is 0 Å². The van der Waals surface area contributed by atoms with Crippen molar-refractivity contribution in [2.45, 2.75) is 45.2 Å². The van der Waals surface area contributed by atoms with Gasteiger partial charge in [-0.1, -0.05) is 43.5 Å². The number of rotatable bonds is 9. The first kappa shape index (κ1) is 18.5. The van der Waals surface area contributed by atoms with Crippen LogP contribution >= 0.6 is 0 Å². The molecule has 0 amide bonds. The molecular weight excluding hydrogens is 293 g/mol. The zero-order valence-corrected chi connectivity index (χ0v) is 12.8. The maximum Gasteiger partial charge on any atom is 0.416 e. The lowest BCUT2D eigenvalue weighted by molar-refractivity contribution is -0.137. The Hall–Kier alpha value is -1.56. The van der Waals surface area contributed by atoms with Crippen molar-refractivity contribution >= 4 is 5.71 Å². The first-order valence-electron chi connectivity index (χ1n) is 7.55. The van der Waals surface area contributed by atoms with Crippen molar-refractivity contribution < 1.29 is 18.0 Å². The first-order chi connectivity index (χ1) is 10.5. The van der Waals surface area contributed by atoms with Crippen LogP contribution in [0.4, 0.5) is 13.2 Å². The lowest BCUT2D eigenvalue weighted by Crippen LogP contribution is -2.09. The number of oxime groups is 1. The van der Waals surface area contributed by atoms with Crippen LogP contribution in [-0.4, -0.2) is 18.9 Å². The van der Waals surface area contributed by atoms with E-state index < -0.39 is 11.7 Å². The van der Waals surface area contributed by atoms with Crippen molar-refractivity contribution in [2.24, 2.45) is 10.9 Å². The van der Waals surface area contributed by atoms with E-state index in [-0.39, 0.29) is 0 Å². The summed E-state index contributed by atoms with van der Waals surface area (Å²) in [6, 6.07) is 5.01. The Kier molecular flexibility index (Phi) is 7.95. The smallest absolute Gasteiger partial charge is 0.394 e. The van der Waals surface area contributed by atoms with Crippen LogP contribution in [0.1, 0.15) is 50.2 Å². The van der Waals surface area contributed by atoms with Crippen molar-refractivity contribution in [3.8, 4) is 0 Å². The van der Waals surface area contributed by atoms with Crippen LogP contribution in [0, 0.1) is 0 Å². The number of benzene rings is 1. The molecule has 6 heteroatoms. The van der Waals surface area contributed by atoms with E-state index in [9.17, 15) is 13.2 Å². The summed E-state index contributed by atoms with van der Waals surface area (Å²) >= 11 is 0. The van der Waals surface area contributed by atoms with Crippen molar-refractivity contribution in [3.05, 3.63) is 35.4 Å². The summed E-state index contributed by atoms with van der Waals surface area (Å²) in [5.41, 5.74) is 6.00. The van der Waals surface area contributed by atoms with Gasteiger partial charge in [-0.05, 0) is 30.5 Å². The van der Waals surface area contributed by atoms with Crippen LogP contribution in [0.25, 0.3) is 0 Å². The van der Waals surface area contributed by atoms with E-state index in [2.05, 4.69) is 12.1 Å². The number of hydrogen-bond acceptors (Lipinski definition) is 3. The van der Waals surface area contributed by atoms with Gasteiger partial charge in [-0.25, -0.2) is 0 Å². The highest BCUT2D eigenvalue weighted by atomic mass is 19.4. The maximum absolute atomic E-state index is 12.6. The third kappa shape index (κ3) is 6.47. The minimum atomic E-state index is -4.33. The second kappa shape index (κ2) is 9.46. The van der Waals surface area contributed by atoms with Crippen molar-refractivity contribution in [3.63, 3.8) is 0 Å². The van der Waals surface area contributed by atoms with Crippen LogP contribution < -0.4 is 5.73 Å². The molecule has 0 unspecified atom stereocenters. The molecule has 0 bridgehead atoms. The molecule has 3 nitrogen and oxygen atoms in total. The topological polar surface area (TPSA) is 47.6 Å². The molecule has 2 N–H and O–H groups in total. The highest BCUT2D eigenvalue weighted by Crippen LogP contribution is 2.29. The summed E-state index contributed by atoms with van der Waals surface area (Å²) in [6.07, 6.45) is 0.593. The molecule has 0 saturated carbocycles. The van der Waals surface area contributed by atoms with E-state index in [1.165, 1.54) is 12.1 Å². The Morgan fingerprint density at radius 2 is 1.82 bits per heavy atom. The molecule has 124 valence electrons. The molecule has 22 heavy (non-hydrogen) atoms. The van der Waals surface area contributed by atoms with Crippen molar-refractivity contribution in [2.75, 3.05) is 13.2 Å².